The van der Waals surface area contributed by atoms with Crippen molar-refractivity contribution in [3.05, 3.63) is 50.7 Å². The van der Waals surface area contributed by atoms with E-state index in [2.05, 4.69) is 5.32 Å². The molecular formula is C16H19N3O5S2. The van der Waals surface area contributed by atoms with E-state index in [1.165, 1.54) is 28.4 Å². The topological polar surface area (TPSA) is 110 Å². The summed E-state index contributed by atoms with van der Waals surface area (Å²) in [6, 6.07) is 7.49. The lowest BCUT2D eigenvalue weighted by Gasteiger charge is -2.22. The summed E-state index contributed by atoms with van der Waals surface area (Å²) in [6.45, 7) is 2.44. The van der Waals surface area contributed by atoms with Gasteiger partial charge in [0.2, 0.25) is 5.91 Å². The van der Waals surface area contributed by atoms with Crippen molar-refractivity contribution in [2.75, 3.05) is 24.2 Å². The van der Waals surface area contributed by atoms with Crippen LogP contribution in [0, 0.1) is 10.1 Å². The van der Waals surface area contributed by atoms with Gasteiger partial charge in [-0.15, -0.1) is 11.3 Å². The third-order valence-electron chi connectivity index (χ3n) is 3.67. The number of anilines is 1. The van der Waals surface area contributed by atoms with E-state index in [4.69, 9.17) is 0 Å². The molecule has 0 fully saturated rings. The van der Waals surface area contributed by atoms with Crippen LogP contribution in [0.25, 0.3) is 0 Å². The van der Waals surface area contributed by atoms with Gasteiger partial charge >= 0.3 is 0 Å². The maximum Gasteiger partial charge on any atom is 0.293 e. The Labute approximate surface area is 155 Å². The summed E-state index contributed by atoms with van der Waals surface area (Å²) in [7, 11) is -3.57. The number of carbonyl (C=O) groups excluding carboxylic acids is 1. The third kappa shape index (κ3) is 5.02. The number of benzene rings is 1. The Kier molecular flexibility index (Phi) is 6.32. The van der Waals surface area contributed by atoms with Crippen LogP contribution in [-0.4, -0.2) is 38.6 Å². The fraction of sp³-hybridized carbons (Fsp3) is 0.312. The van der Waals surface area contributed by atoms with E-state index < -0.39 is 14.8 Å². The average Bonchev–Trinajstić information content (AvgIpc) is 3.10. The highest BCUT2D eigenvalue weighted by Crippen LogP contribution is 2.30. The van der Waals surface area contributed by atoms with Crippen LogP contribution in [0.1, 0.15) is 11.8 Å². The number of rotatable bonds is 8. The van der Waals surface area contributed by atoms with Crippen LogP contribution in [0.3, 0.4) is 0 Å². The number of carbonyl (C=O) groups is 1. The summed E-state index contributed by atoms with van der Waals surface area (Å²) in [5, 5.41) is 16.1. The summed E-state index contributed by atoms with van der Waals surface area (Å²) in [6.07, 6.45) is 0.987. The lowest BCUT2D eigenvalue weighted by Crippen LogP contribution is -2.37. The molecule has 0 radical (unpaired) electrons. The molecule has 0 unspecified atom stereocenters. The predicted molar refractivity (Wildman–Crippen MR) is 100 cm³/mol. The van der Waals surface area contributed by atoms with E-state index in [1.54, 1.807) is 6.92 Å². The van der Waals surface area contributed by atoms with Gasteiger partial charge in [0.15, 0.2) is 9.84 Å². The highest BCUT2D eigenvalue weighted by atomic mass is 32.2. The summed E-state index contributed by atoms with van der Waals surface area (Å²) in [4.78, 5) is 25.3. The number of amides is 1. The van der Waals surface area contributed by atoms with Crippen LogP contribution in [0.5, 0.6) is 0 Å². The average molecular weight is 397 g/mol. The Morgan fingerprint density at radius 1 is 1.35 bits per heavy atom. The first-order chi connectivity index (χ1) is 12.2. The van der Waals surface area contributed by atoms with Crippen molar-refractivity contribution in [1.29, 1.82) is 0 Å². The van der Waals surface area contributed by atoms with E-state index >= 15 is 0 Å². The number of nitrogens with one attached hydrogen (secondary N) is 1. The summed E-state index contributed by atoms with van der Waals surface area (Å²) in [5.74, 6) is -0.276. The molecule has 26 heavy (non-hydrogen) atoms. The number of hydrogen-bond donors (Lipinski definition) is 1. The van der Waals surface area contributed by atoms with Crippen LogP contribution in [0.4, 0.5) is 11.4 Å². The maximum atomic E-state index is 12.2. The molecule has 1 amide bonds. The molecule has 0 saturated heterocycles. The molecule has 0 saturated carbocycles. The molecule has 0 bridgehead atoms. The van der Waals surface area contributed by atoms with E-state index in [0.717, 1.165) is 17.2 Å². The minimum Gasteiger partial charge on any atom is -0.357 e. The molecule has 8 nitrogen and oxygen atoms in total. The van der Waals surface area contributed by atoms with Crippen LogP contribution in [0.2, 0.25) is 0 Å². The number of likely N-dealkylation sites (N-methyl/N-ethyl adjacent to an activating group) is 1. The molecular weight excluding hydrogens is 378 g/mol. The van der Waals surface area contributed by atoms with Gasteiger partial charge in [0.05, 0.1) is 22.9 Å². The van der Waals surface area contributed by atoms with Crippen molar-refractivity contribution >= 4 is 38.5 Å². The Balaban J connectivity index is 2.20. The predicted octanol–water partition coefficient (Wildman–Crippen LogP) is 2.20. The summed E-state index contributed by atoms with van der Waals surface area (Å²) in [5.41, 5.74) is -0.142. The van der Waals surface area contributed by atoms with Crippen LogP contribution >= 0.6 is 11.3 Å². The zero-order valence-corrected chi connectivity index (χ0v) is 16.0. The van der Waals surface area contributed by atoms with Crippen molar-refractivity contribution in [3.63, 3.8) is 0 Å². The van der Waals surface area contributed by atoms with E-state index in [-0.39, 0.29) is 28.7 Å². The zero-order valence-electron chi connectivity index (χ0n) is 14.3. The van der Waals surface area contributed by atoms with Crippen LogP contribution in [-0.2, 0) is 21.2 Å². The molecule has 10 heteroatoms. The molecule has 0 atom stereocenters. The van der Waals surface area contributed by atoms with Crippen molar-refractivity contribution < 1.29 is 18.1 Å². The van der Waals surface area contributed by atoms with Crippen LogP contribution in [0.15, 0.2) is 40.6 Å². The Morgan fingerprint density at radius 2 is 2.08 bits per heavy atom. The van der Waals surface area contributed by atoms with Gasteiger partial charge in [-0.1, -0.05) is 6.07 Å². The standard InChI is InChI=1S/C16H19N3O5S2/c1-3-18(11-16(20)17-10-12-5-4-8-25-12)14-7-6-13(26(2,23)24)9-15(14)19(21)22/h4-9H,3,10-11H2,1-2H3,(H,17,20). The fourth-order valence-corrected chi connectivity index (χ4v) is 3.63. The first-order valence-electron chi connectivity index (χ1n) is 7.75. The molecule has 2 rings (SSSR count). The molecule has 2 aromatic rings. The third-order valence-corrected chi connectivity index (χ3v) is 5.66. The van der Waals surface area contributed by atoms with Gasteiger partial charge in [-0.2, -0.15) is 0 Å². The smallest absolute Gasteiger partial charge is 0.293 e. The van der Waals surface area contributed by atoms with Crippen LogP contribution < -0.4 is 10.2 Å². The second kappa shape index (κ2) is 8.28. The highest BCUT2D eigenvalue weighted by Gasteiger charge is 2.23. The highest BCUT2D eigenvalue weighted by molar-refractivity contribution is 7.90. The van der Waals surface area contributed by atoms with Gasteiger partial charge in [0, 0.05) is 23.7 Å². The van der Waals surface area contributed by atoms with Gasteiger partial charge in [0.1, 0.15) is 5.69 Å². The van der Waals surface area contributed by atoms with Gasteiger partial charge in [0.25, 0.3) is 5.69 Å². The molecule has 140 valence electrons. The number of nitrogens with zero attached hydrogens (tertiary/aromatic N) is 2. The SMILES string of the molecule is CCN(CC(=O)NCc1cccs1)c1ccc(S(C)(=O)=O)cc1[N+](=O)[O-]. The molecule has 1 heterocycles. The summed E-state index contributed by atoms with van der Waals surface area (Å²) < 4.78 is 23.3. The Hall–Kier alpha value is -2.46. The number of nitro benzene ring substituents is 1. The Morgan fingerprint density at radius 3 is 2.62 bits per heavy atom. The molecule has 1 N–H and O–H groups in total. The molecule has 0 aliphatic carbocycles. The largest absolute Gasteiger partial charge is 0.357 e. The van der Waals surface area contributed by atoms with Crippen molar-refractivity contribution in [3.8, 4) is 0 Å². The lowest BCUT2D eigenvalue weighted by atomic mass is 10.2. The maximum absolute atomic E-state index is 12.2. The molecule has 1 aromatic carbocycles. The van der Waals surface area contributed by atoms with Gasteiger partial charge in [-0.3, -0.25) is 14.9 Å². The first-order valence-corrected chi connectivity index (χ1v) is 10.5. The second-order valence-corrected chi connectivity index (χ2v) is 8.60. The van der Waals surface area contributed by atoms with Crippen molar-refractivity contribution in [2.24, 2.45) is 0 Å². The van der Waals surface area contributed by atoms with E-state index in [0.29, 0.717) is 13.1 Å². The number of thiophene rings is 1. The fourth-order valence-electron chi connectivity index (χ4n) is 2.34. The van der Waals surface area contributed by atoms with Gasteiger partial charge < -0.3 is 10.2 Å². The number of nitro groups is 1. The minimum absolute atomic E-state index is 0.0685. The number of sulfone groups is 1. The summed E-state index contributed by atoms with van der Waals surface area (Å²) >= 11 is 1.52. The molecule has 0 aliphatic heterocycles. The molecule has 0 spiro atoms. The minimum atomic E-state index is -3.57. The molecule has 1 aromatic heterocycles. The monoisotopic (exact) mass is 397 g/mol. The quantitative estimate of drug-likeness (QED) is 0.540. The van der Waals surface area contributed by atoms with Gasteiger partial charge in [-0.25, -0.2) is 8.42 Å². The first kappa shape index (κ1) is 19.9. The van der Waals surface area contributed by atoms with Gasteiger partial charge in [-0.05, 0) is 30.5 Å². The second-order valence-electron chi connectivity index (χ2n) is 5.55. The van der Waals surface area contributed by atoms with E-state index in [9.17, 15) is 23.3 Å². The normalized spacial score (nSPS) is 11.2. The van der Waals surface area contributed by atoms with Crippen molar-refractivity contribution in [1.82, 2.24) is 5.32 Å². The number of hydrogen-bond acceptors (Lipinski definition) is 7. The Bertz CT molecular complexity index is 895. The molecule has 0 aliphatic rings. The zero-order chi connectivity index (χ0) is 19.3. The van der Waals surface area contributed by atoms with Crippen molar-refractivity contribution in [2.45, 2.75) is 18.4 Å². The van der Waals surface area contributed by atoms with E-state index in [1.807, 2.05) is 17.5 Å². The lowest BCUT2D eigenvalue weighted by molar-refractivity contribution is -0.384.